The number of Topliss-reactive ketones (excluding diaryl/α,β-unsaturated/α-hetero) is 1. The molecular formula is C31H27NO3. The van der Waals surface area contributed by atoms with Gasteiger partial charge in [-0.05, 0) is 71.3 Å². The highest BCUT2D eigenvalue weighted by molar-refractivity contribution is 6.10. The van der Waals surface area contributed by atoms with E-state index in [4.69, 9.17) is 0 Å². The summed E-state index contributed by atoms with van der Waals surface area (Å²) in [5.41, 5.74) is 3.33. The first-order chi connectivity index (χ1) is 17.0. The van der Waals surface area contributed by atoms with Crippen LogP contribution in [-0.2, 0) is 29.8 Å². The molecule has 1 amide bonds. The van der Waals surface area contributed by atoms with Crippen molar-refractivity contribution in [3.8, 4) is 0 Å². The van der Waals surface area contributed by atoms with E-state index < -0.39 is 11.5 Å². The van der Waals surface area contributed by atoms with Crippen LogP contribution >= 0.6 is 0 Å². The zero-order chi connectivity index (χ0) is 24.0. The van der Waals surface area contributed by atoms with Crippen LogP contribution < -0.4 is 4.90 Å². The maximum absolute atomic E-state index is 13.7. The average molecular weight is 462 g/mol. The van der Waals surface area contributed by atoms with Crippen molar-refractivity contribution in [2.24, 2.45) is 0 Å². The maximum atomic E-state index is 13.7. The Hall–Kier alpha value is -3.76. The zero-order valence-corrected chi connectivity index (χ0v) is 19.5. The summed E-state index contributed by atoms with van der Waals surface area (Å²) in [7, 11) is 0. The number of hydrogen-bond acceptors (Lipinski definition) is 3. The number of ketones is 1. The Balaban J connectivity index is 1.31. The highest BCUT2D eigenvalue weighted by Crippen LogP contribution is 2.43. The number of nitrogens with zero attached hydrogens (tertiary/aromatic N) is 1. The second-order valence-electron chi connectivity index (χ2n) is 9.74. The number of aryl methyl sites for hydroxylation is 2. The molecule has 4 nitrogen and oxygen atoms in total. The molecule has 0 fully saturated rings. The number of carbonyl (C=O) groups is 2. The highest BCUT2D eigenvalue weighted by Gasteiger charge is 2.50. The molecule has 1 aliphatic carbocycles. The van der Waals surface area contributed by atoms with Gasteiger partial charge in [0.05, 0.1) is 18.7 Å². The third-order valence-electron chi connectivity index (χ3n) is 7.48. The van der Waals surface area contributed by atoms with Gasteiger partial charge in [0.15, 0.2) is 11.4 Å². The molecule has 1 unspecified atom stereocenters. The van der Waals surface area contributed by atoms with E-state index in [0.717, 1.165) is 35.6 Å². The number of carbonyl (C=O) groups excluding carboxylic acids is 2. The summed E-state index contributed by atoms with van der Waals surface area (Å²) in [5, 5.41) is 13.9. The van der Waals surface area contributed by atoms with Crippen LogP contribution in [-0.4, -0.2) is 16.8 Å². The molecule has 174 valence electrons. The lowest BCUT2D eigenvalue weighted by atomic mass is 9.85. The van der Waals surface area contributed by atoms with Gasteiger partial charge in [-0.2, -0.15) is 0 Å². The Morgan fingerprint density at radius 2 is 1.57 bits per heavy atom. The van der Waals surface area contributed by atoms with Crippen molar-refractivity contribution < 1.29 is 14.7 Å². The first-order valence-electron chi connectivity index (χ1n) is 12.3. The molecule has 0 bridgehead atoms. The molecular weight excluding hydrogens is 434 g/mol. The van der Waals surface area contributed by atoms with Gasteiger partial charge >= 0.3 is 0 Å². The minimum atomic E-state index is -1.87. The predicted octanol–water partition coefficient (Wildman–Crippen LogP) is 5.73. The van der Waals surface area contributed by atoms with E-state index in [1.54, 1.807) is 17.0 Å². The highest BCUT2D eigenvalue weighted by atomic mass is 16.3. The Labute approximate surface area is 204 Å². The number of hydrogen-bond donors (Lipinski definition) is 1. The van der Waals surface area contributed by atoms with Gasteiger partial charge in [-0.3, -0.25) is 9.59 Å². The molecule has 0 saturated carbocycles. The quantitative estimate of drug-likeness (QED) is 0.387. The van der Waals surface area contributed by atoms with Crippen LogP contribution in [0, 0.1) is 0 Å². The molecule has 1 heterocycles. The lowest BCUT2D eigenvalue weighted by Gasteiger charge is -2.23. The van der Waals surface area contributed by atoms with Gasteiger partial charge in [-0.15, -0.1) is 0 Å². The van der Waals surface area contributed by atoms with E-state index in [9.17, 15) is 14.7 Å². The molecule has 4 aromatic carbocycles. The molecule has 4 heteroatoms. The number of fused-ring (bicyclic) bond motifs is 3. The van der Waals surface area contributed by atoms with Crippen LogP contribution in [0.25, 0.3) is 10.8 Å². The third-order valence-corrected chi connectivity index (χ3v) is 7.48. The van der Waals surface area contributed by atoms with E-state index in [-0.39, 0.29) is 12.2 Å². The van der Waals surface area contributed by atoms with Crippen molar-refractivity contribution >= 4 is 28.2 Å². The van der Waals surface area contributed by atoms with E-state index in [1.165, 1.54) is 17.5 Å². The summed E-state index contributed by atoms with van der Waals surface area (Å²) in [4.78, 5) is 28.6. The summed E-state index contributed by atoms with van der Waals surface area (Å²) in [6.45, 7) is 0.329. The Kier molecular flexibility index (Phi) is 5.27. The number of amides is 1. The van der Waals surface area contributed by atoms with Crippen molar-refractivity contribution in [2.45, 2.75) is 44.2 Å². The summed E-state index contributed by atoms with van der Waals surface area (Å²) >= 11 is 0. The minimum absolute atomic E-state index is 0.211. The monoisotopic (exact) mass is 461 g/mol. The van der Waals surface area contributed by atoms with Crippen molar-refractivity contribution in [3.05, 3.63) is 113 Å². The fraction of sp³-hybridized carbons (Fsp3) is 0.226. The normalized spacial score (nSPS) is 19.0. The molecule has 1 atom stereocenters. The van der Waals surface area contributed by atoms with Crippen molar-refractivity contribution in [1.82, 2.24) is 0 Å². The van der Waals surface area contributed by atoms with Crippen LogP contribution in [0.1, 0.15) is 51.9 Å². The maximum Gasteiger partial charge on any atom is 0.264 e. The van der Waals surface area contributed by atoms with Gasteiger partial charge in [-0.1, -0.05) is 66.7 Å². The average Bonchev–Trinajstić information content (AvgIpc) is 3.10. The number of anilines is 1. The number of rotatable bonds is 5. The van der Waals surface area contributed by atoms with E-state index in [1.807, 2.05) is 60.7 Å². The van der Waals surface area contributed by atoms with Gasteiger partial charge in [0.2, 0.25) is 0 Å². The molecule has 35 heavy (non-hydrogen) atoms. The summed E-state index contributed by atoms with van der Waals surface area (Å²) in [5.74, 6) is -0.658. The summed E-state index contributed by atoms with van der Waals surface area (Å²) in [6, 6.07) is 27.3. The molecule has 0 saturated heterocycles. The minimum Gasteiger partial charge on any atom is -0.375 e. The SMILES string of the molecule is O=C(CC1(O)C(=O)N(Cc2ccc3ccccc3c2)c2ccccc21)c1ccc2c(c1)CCCC2. The second kappa shape index (κ2) is 8.47. The first kappa shape index (κ1) is 21.8. The van der Waals surface area contributed by atoms with Crippen LogP contribution in [0.5, 0.6) is 0 Å². The van der Waals surface area contributed by atoms with Crippen molar-refractivity contribution in [2.75, 3.05) is 4.90 Å². The van der Waals surface area contributed by atoms with E-state index in [0.29, 0.717) is 23.4 Å². The number of benzene rings is 4. The third kappa shape index (κ3) is 3.75. The summed E-state index contributed by atoms with van der Waals surface area (Å²) < 4.78 is 0. The van der Waals surface area contributed by atoms with Crippen molar-refractivity contribution in [3.63, 3.8) is 0 Å². The number of aliphatic hydroxyl groups is 1. The van der Waals surface area contributed by atoms with E-state index in [2.05, 4.69) is 12.1 Å². The fourth-order valence-electron chi connectivity index (χ4n) is 5.60. The molecule has 0 aromatic heterocycles. The Morgan fingerprint density at radius 1 is 0.829 bits per heavy atom. The molecule has 4 aromatic rings. The van der Waals surface area contributed by atoms with Gasteiger partial charge in [-0.25, -0.2) is 0 Å². The van der Waals surface area contributed by atoms with Crippen LogP contribution in [0.2, 0.25) is 0 Å². The first-order valence-corrected chi connectivity index (χ1v) is 12.3. The molecule has 0 radical (unpaired) electrons. The molecule has 0 spiro atoms. The largest absolute Gasteiger partial charge is 0.375 e. The molecule has 1 N–H and O–H groups in total. The second-order valence-corrected chi connectivity index (χ2v) is 9.74. The van der Waals surface area contributed by atoms with Gasteiger partial charge in [0.25, 0.3) is 5.91 Å². The van der Waals surface area contributed by atoms with Gasteiger partial charge in [0, 0.05) is 11.1 Å². The predicted molar refractivity (Wildman–Crippen MR) is 138 cm³/mol. The Morgan fingerprint density at radius 3 is 2.43 bits per heavy atom. The van der Waals surface area contributed by atoms with Crippen molar-refractivity contribution in [1.29, 1.82) is 0 Å². The number of para-hydroxylation sites is 1. The summed E-state index contributed by atoms with van der Waals surface area (Å²) in [6.07, 6.45) is 4.06. The fourth-order valence-corrected chi connectivity index (χ4v) is 5.60. The standard InChI is InChI=1S/C31H27NO3/c33-29(26-16-15-23-8-2-4-10-25(23)18-26)19-31(35)27-11-5-6-12-28(27)32(30(31)34)20-21-13-14-22-7-1-3-9-24(22)17-21/h1,3,5-7,9,11-18,35H,2,4,8,10,19-20H2. The topological polar surface area (TPSA) is 57.6 Å². The van der Waals surface area contributed by atoms with Gasteiger partial charge in [0.1, 0.15) is 0 Å². The molecule has 1 aliphatic heterocycles. The smallest absolute Gasteiger partial charge is 0.264 e. The lowest BCUT2D eigenvalue weighted by Crippen LogP contribution is -2.41. The van der Waals surface area contributed by atoms with E-state index >= 15 is 0 Å². The van der Waals surface area contributed by atoms with Crippen LogP contribution in [0.4, 0.5) is 5.69 Å². The Bertz CT molecular complexity index is 1470. The molecule has 2 aliphatic rings. The van der Waals surface area contributed by atoms with Crippen LogP contribution in [0.3, 0.4) is 0 Å². The lowest BCUT2D eigenvalue weighted by molar-refractivity contribution is -0.136. The zero-order valence-electron chi connectivity index (χ0n) is 19.5. The van der Waals surface area contributed by atoms with Gasteiger partial charge < -0.3 is 10.0 Å². The van der Waals surface area contributed by atoms with Crippen LogP contribution in [0.15, 0.2) is 84.9 Å². The molecule has 6 rings (SSSR count).